The Bertz CT molecular complexity index is 1620. The molecule has 4 aliphatic rings. The van der Waals surface area contributed by atoms with Gasteiger partial charge in [0.1, 0.15) is 0 Å². The van der Waals surface area contributed by atoms with Gasteiger partial charge in [0.25, 0.3) is 9.05 Å². The molecule has 3 unspecified atom stereocenters. The summed E-state index contributed by atoms with van der Waals surface area (Å²) in [5, 5.41) is 5.54. The predicted octanol–water partition coefficient (Wildman–Crippen LogP) is 5.64. The maximum absolute atomic E-state index is 11.0. The topological polar surface area (TPSA) is 190 Å². The Kier molecular flexibility index (Phi) is 69.1. The second-order valence-corrected chi connectivity index (χ2v) is 19.7. The highest BCUT2D eigenvalue weighted by Crippen LogP contribution is 2.19. The SMILES string of the molecule is CCC.CCN=C=NCCCN1CCCC1.CCN=C=NCCC[N+]1(CC)CCCC1.CCN=C=O.CCNC(=O)NCCCN1CCCC1.NCCCN1CCCC1.O=S(=O)(Cl)c1ccccc1.P.P.P.[Cl-]. The van der Waals surface area contributed by atoms with E-state index >= 15 is 0 Å². The largest absolute Gasteiger partial charge is 1.00 e. The number of urea groups is 1. The molecule has 5 rings (SSSR count). The molecule has 4 fully saturated rings. The zero-order chi connectivity index (χ0) is 51.5. The number of aliphatic imine (C=N–C) groups is 5. The van der Waals surface area contributed by atoms with E-state index in [4.69, 9.17) is 21.2 Å². The lowest BCUT2D eigenvalue weighted by Gasteiger charge is -2.32. The number of halogens is 2. The van der Waals surface area contributed by atoms with Crippen LogP contribution in [0, 0.1) is 0 Å². The fourth-order valence-corrected chi connectivity index (χ4v) is 8.40. The fraction of sp³-hybridized carbons (Fsp3) is 0.804. The molecule has 0 bridgehead atoms. The van der Waals surface area contributed by atoms with Crippen molar-refractivity contribution in [2.24, 2.45) is 30.7 Å². The molecule has 4 saturated heterocycles. The van der Waals surface area contributed by atoms with Crippen LogP contribution >= 0.6 is 40.4 Å². The highest BCUT2D eigenvalue weighted by molar-refractivity contribution is 8.13. The summed E-state index contributed by atoms with van der Waals surface area (Å²) >= 11 is 0. The van der Waals surface area contributed by atoms with E-state index in [0.717, 1.165) is 58.7 Å². The molecular formula is C51H107Cl2N12O4P3S. The third-order valence-corrected chi connectivity index (χ3v) is 12.6. The molecule has 0 saturated carbocycles. The van der Waals surface area contributed by atoms with Crippen LogP contribution in [0.25, 0.3) is 0 Å². The van der Waals surface area contributed by atoms with Crippen LogP contribution in [0.3, 0.4) is 0 Å². The predicted molar refractivity (Wildman–Crippen MR) is 324 cm³/mol. The maximum atomic E-state index is 11.0. The Balaban J connectivity index is -0.000000184. The number of nitrogens with two attached hydrogens (primary N) is 1. The minimum absolute atomic E-state index is 0. The molecule has 0 spiro atoms. The molecule has 22 heteroatoms. The van der Waals surface area contributed by atoms with Gasteiger partial charge < -0.3 is 48.0 Å². The van der Waals surface area contributed by atoms with E-state index in [1.165, 1.54) is 172 Å². The van der Waals surface area contributed by atoms with Crippen molar-refractivity contribution in [1.29, 1.82) is 0 Å². The van der Waals surface area contributed by atoms with Crippen LogP contribution < -0.4 is 28.8 Å². The summed E-state index contributed by atoms with van der Waals surface area (Å²) in [6.07, 6.45) is 18.2. The minimum atomic E-state index is -3.53. The molecule has 2 amide bonds. The molecular weight excluding hydrogens is 1040 g/mol. The Hall–Kier alpha value is -1.75. The molecule has 0 aliphatic carbocycles. The molecule has 4 heterocycles. The van der Waals surface area contributed by atoms with Gasteiger partial charge in [-0.3, -0.25) is 0 Å². The lowest BCUT2D eigenvalue weighted by molar-refractivity contribution is -0.915. The van der Waals surface area contributed by atoms with Crippen LogP contribution in [0.1, 0.15) is 132 Å². The fourth-order valence-electron chi connectivity index (χ4n) is 7.61. The van der Waals surface area contributed by atoms with Crippen molar-refractivity contribution < 1.29 is 34.9 Å². The summed E-state index contributed by atoms with van der Waals surface area (Å²) in [6.45, 7) is 37.0. The molecule has 73 heavy (non-hydrogen) atoms. The van der Waals surface area contributed by atoms with Crippen LogP contribution in [-0.4, -0.2) is 189 Å². The van der Waals surface area contributed by atoms with E-state index in [1.807, 2.05) is 20.8 Å². The van der Waals surface area contributed by atoms with Crippen molar-refractivity contribution in [1.82, 2.24) is 25.3 Å². The second-order valence-electron chi connectivity index (χ2n) is 17.1. The van der Waals surface area contributed by atoms with Gasteiger partial charge in [0.15, 0.2) is 0 Å². The van der Waals surface area contributed by atoms with Crippen molar-refractivity contribution in [3.63, 3.8) is 0 Å². The Morgan fingerprint density at radius 3 is 1.42 bits per heavy atom. The number of nitrogens with one attached hydrogen (secondary N) is 2. The monoisotopic (exact) mass is 1150 g/mol. The summed E-state index contributed by atoms with van der Waals surface area (Å²) in [7, 11) is 1.50. The number of benzene rings is 1. The number of nitrogens with zero attached hydrogens (tertiary/aromatic N) is 9. The molecule has 3 atom stereocenters. The zero-order valence-corrected chi connectivity index (χ0v) is 53.5. The van der Waals surface area contributed by atoms with Gasteiger partial charge in [0, 0.05) is 62.7 Å². The molecule has 4 N–H and O–H groups in total. The van der Waals surface area contributed by atoms with E-state index < -0.39 is 9.05 Å². The van der Waals surface area contributed by atoms with Gasteiger partial charge in [-0.1, -0.05) is 38.5 Å². The number of carbonyl (C=O) groups excluding carboxylic acids is 2. The summed E-state index contributed by atoms with van der Waals surface area (Å²) in [5.74, 6) is 0. The molecule has 430 valence electrons. The van der Waals surface area contributed by atoms with Crippen LogP contribution in [0.4, 0.5) is 4.79 Å². The number of amides is 2. The Morgan fingerprint density at radius 1 is 0.644 bits per heavy atom. The van der Waals surface area contributed by atoms with Gasteiger partial charge >= 0.3 is 6.03 Å². The molecule has 0 radical (unpaired) electrons. The van der Waals surface area contributed by atoms with Crippen molar-refractivity contribution >= 4 is 73.6 Å². The molecule has 0 aromatic heterocycles. The van der Waals surface area contributed by atoms with Crippen LogP contribution in [0.5, 0.6) is 0 Å². The standard InChI is InChI=1S/C12H24N3.C10H21N3O.C10H19N3.C7H16N2.C6H5ClO2S.C3H5NO.C3H8.ClH.3H3P/c1-3-13-12-14-8-7-11-15(4-2)9-5-6-10-15;1-2-11-10(14)12-6-5-9-13-7-3-4-8-13;1-2-11-10-12-6-5-9-13-7-3-4-8-13;8-4-3-7-9-5-1-2-6-9;7-10(8,9)6-4-2-1-3-5-6;1-2-4-3-5;1-3-2;;;;/h3-11H2,1-2H3;2-9H2,1H3,(H2,11,12,14);2-9H2,1H3;1-8H2;1-5H;2H2,1H3;3H2,1-2H3;1H;3*1H3/q+1;;;;;;;;;;/p-1. The van der Waals surface area contributed by atoms with Crippen molar-refractivity contribution in [3.05, 3.63) is 30.3 Å². The summed E-state index contributed by atoms with van der Waals surface area (Å²) in [5.41, 5.74) is 5.38. The number of hydrogen-bond donors (Lipinski definition) is 3. The molecule has 1 aromatic carbocycles. The number of quaternary nitrogens is 1. The van der Waals surface area contributed by atoms with E-state index in [0.29, 0.717) is 13.1 Å². The first-order chi connectivity index (χ1) is 33.5. The van der Waals surface area contributed by atoms with E-state index in [1.54, 1.807) is 25.1 Å². The smallest absolute Gasteiger partial charge is 0.314 e. The molecule has 4 aliphatic heterocycles. The highest BCUT2D eigenvalue weighted by Gasteiger charge is 2.29. The first-order valence-corrected chi connectivity index (χ1v) is 28.7. The number of rotatable bonds is 21. The average Bonchev–Trinajstić information content (AvgIpc) is 4.22. The van der Waals surface area contributed by atoms with Crippen molar-refractivity contribution in [2.45, 2.75) is 137 Å². The summed E-state index contributed by atoms with van der Waals surface area (Å²) < 4.78 is 22.5. The number of hydrogen-bond acceptors (Lipinski definition) is 13. The minimum Gasteiger partial charge on any atom is -1.00 e. The van der Waals surface area contributed by atoms with Crippen molar-refractivity contribution in [3.8, 4) is 0 Å². The maximum Gasteiger partial charge on any atom is 0.314 e. The quantitative estimate of drug-likeness (QED) is 0.0352. The van der Waals surface area contributed by atoms with Gasteiger partial charge in [-0.15, -0.1) is 0 Å². The summed E-state index contributed by atoms with van der Waals surface area (Å²) in [4.78, 5) is 47.0. The van der Waals surface area contributed by atoms with Crippen LogP contribution in [0.2, 0.25) is 0 Å². The lowest BCUT2D eigenvalue weighted by Crippen LogP contribution is -3.00. The van der Waals surface area contributed by atoms with Gasteiger partial charge in [0.2, 0.25) is 6.08 Å². The normalized spacial score (nSPS) is 14.9. The zero-order valence-electron chi connectivity index (χ0n) is 46.9. The third-order valence-electron chi connectivity index (χ3n) is 11.2. The Labute approximate surface area is 466 Å². The number of likely N-dealkylation sites (tertiary alicyclic amines) is 4. The van der Waals surface area contributed by atoms with Gasteiger partial charge in [-0.2, -0.15) is 29.7 Å². The first-order valence-electron chi connectivity index (χ1n) is 26.4. The van der Waals surface area contributed by atoms with Crippen LogP contribution in [0.15, 0.2) is 60.2 Å². The van der Waals surface area contributed by atoms with Gasteiger partial charge in [-0.25, -0.2) is 43.0 Å². The summed E-state index contributed by atoms with van der Waals surface area (Å²) in [6, 6.07) is 13.2. The van der Waals surface area contributed by atoms with E-state index in [-0.39, 0.29) is 53.0 Å². The average molecular weight is 1150 g/mol. The molecule has 1 aromatic rings. The highest BCUT2D eigenvalue weighted by atomic mass is 35.7. The van der Waals surface area contributed by atoms with Gasteiger partial charge in [-0.05, 0) is 170 Å². The molecule has 16 nitrogen and oxygen atoms in total. The second kappa shape index (κ2) is 61.1. The van der Waals surface area contributed by atoms with E-state index in [2.05, 4.69) is 83.1 Å². The Morgan fingerprint density at radius 2 is 1.07 bits per heavy atom. The number of isocyanates is 1. The van der Waals surface area contributed by atoms with Gasteiger partial charge in [0.05, 0.1) is 56.2 Å². The van der Waals surface area contributed by atoms with E-state index in [9.17, 15) is 13.2 Å². The lowest BCUT2D eigenvalue weighted by atomic mass is 10.3. The van der Waals surface area contributed by atoms with Crippen LogP contribution in [-0.2, 0) is 13.8 Å². The third kappa shape index (κ3) is 53.4. The first kappa shape index (κ1) is 82.6. The van der Waals surface area contributed by atoms with Crippen molar-refractivity contribution in [2.75, 3.05) is 137 Å². The number of carbonyl (C=O) groups is 1.